The molecule has 0 bridgehead atoms. The number of halogens is 2. The normalized spacial score (nSPS) is 23.2. The second kappa shape index (κ2) is 3.81. The summed E-state index contributed by atoms with van der Waals surface area (Å²) in [7, 11) is 0. The van der Waals surface area contributed by atoms with Crippen molar-refractivity contribution >= 4 is 11.9 Å². The van der Waals surface area contributed by atoms with Gasteiger partial charge in [0.2, 0.25) is 0 Å². The van der Waals surface area contributed by atoms with Crippen molar-refractivity contribution in [1.82, 2.24) is 10.6 Å². The molecule has 0 aromatic heterocycles. The number of nitrogens with one attached hydrogen (secondary N) is 2. The van der Waals surface area contributed by atoms with Crippen LogP contribution >= 0.6 is 0 Å². The fraction of sp³-hybridized carbons (Fsp3) is 0.273. The van der Waals surface area contributed by atoms with E-state index in [1.807, 2.05) is 0 Å². The molecule has 6 nitrogen and oxygen atoms in total. The number of hydrogen-bond donors (Lipinski definition) is 2. The number of rotatable bonds is 2. The Labute approximate surface area is 105 Å². The third-order valence-corrected chi connectivity index (χ3v) is 2.76. The zero-order chi connectivity index (χ0) is 13.6. The third-order valence-electron chi connectivity index (χ3n) is 2.76. The van der Waals surface area contributed by atoms with Crippen LogP contribution in [0, 0.1) is 0 Å². The highest BCUT2D eigenvalue weighted by molar-refractivity contribution is 6.04. The van der Waals surface area contributed by atoms with Crippen molar-refractivity contribution in [2.24, 2.45) is 0 Å². The molecular weight excluding hydrogens is 262 g/mol. The van der Waals surface area contributed by atoms with E-state index >= 15 is 0 Å². The maximum absolute atomic E-state index is 12.8. The summed E-state index contributed by atoms with van der Waals surface area (Å²) in [6.45, 7) is 0. The van der Waals surface area contributed by atoms with Crippen molar-refractivity contribution in [3.8, 4) is 11.5 Å². The molecule has 2 aliphatic rings. The topological polar surface area (TPSA) is 76.7 Å². The van der Waals surface area contributed by atoms with Gasteiger partial charge in [0.1, 0.15) is 6.04 Å². The van der Waals surface area contributed by atoms with E-state index in [-0.39, 0.29) is 17.9 Å². The van der Waals surface area contributed by atoms with Gasteiger partial charge in [-0.15, -0.1) is 8.78 Å². The Kier molecular flexibility index (Phi) is 2.34. The Morgan fingerprint density at radius 3 is 2.63 bits per heavy atom. The number of benzene rings is 1. The molecule has 1 unspecified atom stereocenters. The largest absolute Gasteiger partial charge is 0.586 e. The molecule has 1 fully saturated rings. The van der Waals surface area contributed by atoms with Crippen molar-refractivity contribution < 1.29 is 27.8 Å². The van der Waals surface area contributed by atoms with Crippen LogP contribution < -0.4 is 20.1 Å². The van der Waals surface area contributed by atoms with Crippen molar-refractivity contribution in [3.05, 3.63) is 23.8 Å². The lowest BCUT2D eigenvalue weighted by Crippen LogP contribution is -2.31. The molecule has 2 aliphatic heterocycles. The highest BCUT2D eigenvalue weighted by atomic mass is 19.3. The van der Waals surface area contributed by atoms with Crippen LogP contribution in [0.1, 0.15) is 5.56 Å². The first-order chi connectivity index (χ1) is 8.93. The van der Waals surface area contributed by atoms with Crippen LogP contribution in [-0.2, 0) is 11.2 Å². The van der Waals surface area contributed by atoms with E-state index in [1.54, 1.807) is 0 Å². The number of carbonyl (C=O) groups excluding carboxylic acids is 2. The van der Waals surface area contributed by atoms with Gasteiger partial charge in [-0.2, -0.15) is 0 Å². The molecule has 0 radical (unpaired) electrons. The molecule has 1 saturated heterocycles. The highest BCUT2D eigenvalue weighted by Crippen LogP contribution is 2.41. The molecule has 3 amide bonds. The van der Waals surface area contributed by atoms with Gasteiger partial charge in [0.05, 0.1) is 0 Å². The predicted octanol–water partition coefficient (Wildman–Crippen LogP) is 0.759. The quantitative estimate of drug-likeness (QED) is 0.778. The molecule has 0 saturated carbocycles. The van der Waals surface area contributed by atoms with Gasteiger partial charge < -0.3 is 14.8 Å². The summed E-state index contributed by atoms with van der Waals surface area (Å²) in [5.74, 6) is -0.603. The number of carbonyl (C=O) groups is 2. The second-order valence-electron chi connectivity index (χ2n) is 4.17. The summed E-state index contributed by atoms with van der Waals surface area (Å²) in [5, 5.41) is 4.50. The van der Waals surface area contributed by atoms with Crippen molar-refractivity contribution in [1.29, 1.82) is 0 Å². The second-order valence-corrected chi connectivity index (χ2v) is 4.17. The highest BCUT2D eigenvalue weighted by Gasteiger charge is 2.43. The molecule has 2 N–H and O–H groups in total. The maximum atomic E-state index is 12.8. The minimum atomic E-state index is -3.67. The van der Waals surface area contributed by atoms with Gasteiger partial charge in [0.15, 0.2) is 11.5 Å². The molecular formula is C11H8F2N2O4. The van der Waals surface area contributed by atoms with E-state index in [2.05, 4.69) is 20.1 Å². The summed E-state index contributed by atoms with van der Waals surface area (Å²) < 4.78 is 34.2. The van der Waals surface area contributed by atoms with Crippen molar-refractivity contribution in [2.75, 3.05) is 0 Å². The van der Waals surface area contributed by atoms with Gasteiger partial charge in [-0.1, -0.05) is 6.07 Å². The summed E-state index contributed by atoms with van der Waals surface area (Å²) in [5.41, 5.74) is 0.572. The van der Waals surface area contributed by atoms with Gasteiger partial charge in [0, 0.05) is 6.42 Å². The van der Waals surface area contributed by atoms with Crippen LogP contribution in [0.5, 0.6) is 11.5 Å². The number of alkyl halides is 2. The first kappa shape index (κ1) is 11.7. The van der Waals surface area contributed by atoms with Gasteiger partial charge in [-0.05, 0) is 17.7 Å². The molecule has 2 heterocycles. The monoisotopic (exact) mass is 270 g/mol. The minimum Gasteiger partial charge on any atom is -0.395 e. The molecule has 19 heavy (non-hydrogen) atoms. The van der Waals surface area contributed by atoms with E-state index in [1.165, 1.54) is 18.2 Å². The minimum absolute atomic E-state index is 0.0614. The molecule has 1 aromatic carbocycles. The Bertz CT molecular complexity index is 576. The van der Waals surface area contributed by atoms with Crippen molar-refractivity contribution in [3.63, 3.8) is 0 Å². The number of amides is 3. The molecule has 8 heteroatoms. The SMILES string of the molecule is O=C1NC(=O)C(Cc2ccc3c(c2)OC(F)(F)O3)N1. The number of fused-ring (bicyclic) bond motifs is 1. The van der Waals surface area contributed by atoms with Crippen LogP contribution in [0.2, 0.25) is 0 Å². The van der Waals surface area contributed by atoms with Crippen molar-refractivity contribution in [2.45, 2.75) is 18.8 Å². The summed E-state index contributed by atoms with van der Waals surface area (Å²) in [6.07, 6.45) is -3.49. The zero-order valence-corrected chi connectivity index (χ0v) is 9.41. The number of ether oxygens (including phenoxy) is 2. The van der Waals surface area contributed by atoms with E-state index in [9.17, 15) is 18.4 Å². The molecule has 1 atom stereocenters. The number of urea groups is 1. The maximum Gasteiger partial charge on any atom is 0.586 e. The fourth-order valence-electron chi connectivity index (χ4n) is 1.96. The fourth-order valence-corrected chi connectivity index (χ4v) is 1.96. The Morgan fingerprint density at radius 2 is 1.95 bits per heavy atom. The predicted molar refractivity (Wildman–Crippen MR) is 56.8 cm³/mol. The zero-order valence-electron chi connectivity index (χ0n) is 9.41. The Balaban J connectivity index is 1.78. The summed E-state index contributed by atoms with van der Waals surface area (Å²) in [6, 6.07) is 2.94. The van der Waals surface area contributed by atoms with Crippen LogP contribution in [0.4, 0.5) is 13.6 Å². The molecule has 0 aliphatic carbocycles. The molecule has 3 rings (SSSR count). The number of imide groups is 1. The first-order valence-corrected chi connectivity index (χ1v) is 5.43. The summed E-state index contributed by atoms with van der Waals surface area (Å²) >= 11 is 0. The molecule has 1 aromatic rings. The van der Waals surface area contributed by atoms with Crippen LogP contribution in [0.15, 0.2) is 18.2 Å². The van der Waals surface area contributed by atoms with E-state index in [0.29, 0.717) is 5.56 Å². The Hall–Kier alpha value is -2.38. The lowest BCUT2D eigenvalue weighted by atomic mass is 10.1. The third kappa shape index (κ3) is 2.16. The van der Waals surface area contributed by atoms with Gasteiger partial charge in [-0.3, -0.25) is 10.1 Å². The molecule has 0 spiro atoms. The van der Waals surface area contributed by atoms with Crippen LogP contribution in [-0.4, -0.2) is 24.3 Å². The van der Waals surface area contributed by atoms with Gasteiger partial charge in [0.25, 0.3) is 5.91 Å². The van der Waals surface area contributed by atoms with Gasteiger partial charge in [-0.25, -0.2) is 4.79 Å². The lowest BCUT2D eigenvalue weighted by molar-refractivity contribution is -0.286. The summed E-state index contributed by atoms with van der Waals surface area (Å²) in [4.78, 5) is 22.3. The lowest BCUT2D eigenvalue weighted by Gasteiger charge is -2.07. The molecule has 100 valence electrons. The van der Waals surface area contributed by atoms with Crippen LogP contribution in [0.3, 0.4) is 0 Å². The van der Waals surface area contributed by atoms with E-state index in [0.717, 1.165) is 0 Å². The smallest absolute Gasteiger partial charge is 0.395 e. The number of hydrogen-bond acceptors (Lipinski definition) is 4. The Morgan fingerprint density at radius 1 is 1.21 bits per heavy atom. The van der Waals surface area contributed by atoms with E-state index < -0.39 is 24.3 Å². The van der Waals surface area contributed by atoms with Crippen LogP contribution in [0.25, 0.3) is 0 Å². The first-order valence-electron chi connectivity index (χ1n) is 5.43. The standard InChI is InChI=1S/C11H8F2N2O4/c12-11(13)18-7-2-1-5(4-8(7)19-11)3-6-9(16)15-10(17)14-6/h1-2,4,6H,3H2,(H2,14,15,16,17). The average molecular weight is 270 g/mol. The average Bonchev–Trinajstić information content (AvgIpc) is 2.76. The van der Waals surface area contributed by atoms with Gasteiger partial charge >= 0.3 is 12.3 Å². The van der Waals surface area contributed by atoms with E-state index in [4.69, 9.17) is 0 Å².